The highest BCUT2D eigenvalue weighted by molar-refractivity contribution is 7.92. The highest BCUT2D eigenvalue weighted by Crippen LogP contribution is 2.25. The molecule has 0 aliphatic rings. The molecule has 0 heterocycles. The fourth-order valence-electron chi connectivity index (χ4n) is 3.61. The van der Waals surface area contributed by atoms with Crippen molar-refractivity contribution in [2.75, 3.05) is 10.6 Å². The van der Waals surface area contributed by atoms with Crippen LogP contribution < -0.4 is 9.62 Å². The summed E-state index contributed by atoms with van der Waals surface area (Å²) in [6.07, 6.45) is 1.13. The van der Waals surface area contributed by atoms with E-state index in [0.29, 0.717) is 5.69 Å². The predicted molar refractivity (Wildman–Crippen MR) is 115 cm³/mol. The molecule has 0 aromatic heterocycles. The number of anilines is 1. The van der Waals surface area contributed by atoms with Crippen LogP contribution in [0.3, 0.4) is 0 Å². The normalized spacial score (nSPS) is 13.7. The van der Waals surface area contributed by atoms with Crippen molar-refractivity contribution in [1.82, 2.24) is 5.32 Å². The molecule has 0 bridgehead atoms. The van der Waals surface area contributed by atoms with E-state index in [4.69, 9.17) is 0 Å². The van der Waals surface area contributed by atoms with Gasteiger partial charge in [-0.1, -0.05) is 29.8 Å². The molecule has 6 heteroatoms. The number of carbonyl (C=O) groups is 1. The number of carbonyl (C=O) groups excluding carboxylic acids is 1. The number of sulfonamides is 1. The van der Waals surface area contributed by atoms with Crippen molar-refractivity contribution in [3.63, 3.8) is 0 Å². The Labute approximate surface area is 168 Å². The average molecular weight is 403 g/mol. The van der Waals surface area contributed by atoms with Crippen molar-refractivity contribution < 1.29 is 13.2 Å². The zero-order valence-electron chi connectivity index (χ0n) is 17.7. The van der Waals surface area contributed by atoms with Crippen LogP contribution in [0.15, 0.2) is 36.4 Å². The minimum absolute atomic E-state index is 0.226. The lowest BCUT2D eigenvalue weighted by Crippen LogP contribution is -2.48. The molecular weight excluding hydrogens is 372 g/mol. The summed E-state index contributed by atoms with van der Waals surface area (Å²) >= 11 is 0. The number of hydrogen-bond donors (Lipinski definition) is 1. The monoisotopic (exact) mass is 402 g/mol. The molecule has 5 nitrogen and oxygen atoms in total. The Kier molecular flexibility index (Phi) is 6.55. The molecule has 2 atom stereocenters. The summed E-state index contributed by atoms with van der Waals surface area (Å²) in [4.78, 5) is 12.9. The maximum Gasteiger partial charge on any atom is 0.244 e. The van der Waals surface area contributed by atoms with Crippen LogP contribution in [0.1, 0.15) is 47.7 Å². The summed E-state index contributed by atoms with van der Waals surface area (Å²) in [5.74, 6) is -0.336. The van der Waals surface area contributed by atoms with Crippen molar-refractivity contribution in [3.8, 4) is 0 Å². The lowest BCUT2D eigenvalue weighted by atomic mass is 10.00. The first kappa shape index (κ1) is 22.0. The second-order valence-electron chi connectivity index (χ2n) is 7.67. The van der Waals surface area contributed by atoms with Gasteiger partial charge in [0.05, 0.1) is 18.0 Å². The minimum atomic E-state index is -3.64. The fourth-order valence-corrected chi connectivity index (χ4v) is 4.77. The minimum Gasteiger partial charge on any atom is -0.348 e. The fraction of sp³-hybridized carbons (Fsp3) is 0.409. The summed E-state index contributed by atoms with van der Waals surface area (Å²) in [7, 11) is -3.64. The van der Waals surface area contributed by atoms with Crippen LogP contribution in [0.5, 0.6) is 0 Å². The van der Waals surface area contributed by atoms with Gasteiger partial charge in [0.1, 0.15) is 6.04 Å². The van der Waals surface area contributed by atoms with Crippen LogP contribution in [0.2, 0.25) is 0 Å². The van der Waals surface area contributed by atoms with Crippen molar-refractivity contribution in [3.05, 3.63) is 64.2 Å². The van der Waals surface area contributed by atoms with Gasteiger partial charge in [-0.2, -0.15) is 0 Å². The van der Waals surface area contributed by atoms with E-state index < -0.39 is 16.1 Å². The molecule has 0 aliphatic carbocycles. The quantitative estimate of drug-likeness (QED) is 0.795. The Morgan fingerprint density at radius 1 is 0.929 bits per heavy atom. The predicted octanol–water partition coefficient (Wildman–Crippen LogP) is 3.95. The van der Waals surface area contributed by atoms with E-state index in [1.165, 1.54) is 4.31 Å². The molecule has 1 N–H and O–H groups in total. The van der Waals surface area contributed by atoms with Crippen molar-refractivity contribution in [2.24, 2.45) is 0 Å². The number of aryl methyl sites for hydroxylation is 4. The molecule has 2 aromatic carbocycles. The highest BCUT2D eigenvalue weighted by Gasteiger charge is 2.30. The molecule has 2 rings (SSSR count). The van der Waals surface area contributed by atoms with Gasteiger partial charge in [0.15, 0.2) is 0 Å². The molecule has 0 saturated heterocycles. The number of amides is 1. The first-order valence-electron chi connectivity index (χ1n) is 9.35. The maximum atomic E-state index is 12.9. The van der Waals surface area contributed by atoms with Crippen LogP contribution in [-0.4, -0.2) is 26.6 Å². The molecule has 0 fully saturated rings. The Bertz CT molecular complexity index is 963. The Balaban J connectivity index is 2.31. The van der Waals surface area contributed by atoms with E-state index in [2.05, 4.69) is 11.4 Å². The van der Waals surface area contributed by atoms with Crippen LogP contribution in [-0.2, 0) is 14.8 Å². The number of nitrogens with one attached hydrogen (secondary N) is 1. The highest BCUT2D eigenvalue weighted by atomic mass is 32.2. The Morgan fingerprint density at radius 3 is 2.00 bits per heavy atom. The number of nitrogens with zero attached hydrogens (tertiary/aromatic N) is 1. The standard InChI is InChI=1S/C22H30N2O3S/c1-14-8-9-21(17(4)11-14)18(5)23-22(25)19(6)24(28(7,26)27)20-12-15(2)10-16(3)13-20/h8-13,18-19H,1-7H3,(H,23,25)/t18-,19+/m0/s1. The summed E-state index contributed by atoms with van der Waals surface area (Å²) in [5.41, 5.74) is 5.66. The van der Waals surface area contributed by atoms with Gasteiger partial charge < -0.3 is 5.32 Å². The van der Waals surface area contributed by atoms with Crippen molar-refractivity contribution in [1.29, 1.82) is 0 Å². The second kappa shape index (κ2) is 8.35. The van der Waals surface area contributed by atoms with Crippen LogP contribution >= 0.6 is 0 Å². The largest absolute Gasteiger partial charge is 0.348 e. The van der Waals surface area contributed by atoms with Crippen molar-refractivity contribution in [2.45, 2.75) is 53.6 Å². The molecule has 0 spiro atoms. The molecule has 1 amide bonds. The van der Waals surface area contributed by atoms with E-state index in [1.54, 1.807) is 19.1 Å². The van der Waals surface area contributed by atoms with Gasteiger partial charge in [-0.15, -0.1) is 0 Å². The zero-order chi connectivity index (χ0) is 21.2. The van der Waals surface area contributed by atoms with Gasteiger partial charge in [-0.3, -0.25) is 9.10 Å². The summed E-state index contributed by atoms with van der Waals surface area (Å²) in [5, 5.41) is 2.96. The first-order valence-corrected chi connectivity index (χ1v) is 11.2. The summed E-state index contributed by atoms with van der Waals surface area (Å²) in [6, 6.07) is 10.5. The van der Waals surface area contributed by atoms with E-state index in [1.807, 2.05) is 52.8 Å². The molecule has 2 aromatic rings. The van der Waals surface area contributed by atoms with Crippen LogP contribution in [0, 0.1) is 27.7 Å². The second-order valence-corrected chi connectivity index (χ2v) is 9.53. The third-order valence-corrected chi connectivity index (χ3v) is 6.04. The van der Waals surface area contributed by atoms with Gasteiger partial charge in [0.2, 0.25) is 15.9 Å². The van der Waals surface area contributed by atoms with E-state index in [-0.39, 0.29) is 11.9 Å². The molecule has 0 aliphatic heterocycles. The SMILES string of the molecule is Cc1cc(C)cc(N([C@H](C)C(=O)N[C@@H](C)c2ccc(C)cc2C)S(C)(=O)=O)c1. The lowest BCUT2D eigenvalue weighted by molar-refractivity contribution is -0.122. The van der Waals surface area contributed by atoms with Gasteiger partial charge in [0.25, 0.3) is 0 Å². The van der Waals surface area contributed by atoms with Crippen LogP contribution in [0.25, 0.3) is 0 Å². The third-order valence-electron chi connectivity index (χ3n) is 4.80. The Morgan fingerprint density at radius 2 is 1.50 bits per heavy atom. The molecule has 0 radical (unpaired) electrons. The van der Waals surface area contributed by atoms with Gasteiger partial charge in [-0.25, -0.2) is 8.42 Å². The van der Waals surface area contributed by atoms with E-state index >= 15 is 0 Å². The summed E-state index contributed by atoms with van der Waals surface area (Å²) < 4.78 is 26.2. The number of hydrogen-bond acceptors (Lipinski definition) is 3. The molecular formula is C22H30N2O3S. The maximum absolute atomic E-state index is 12.9. The third kappa shape index (κ3) is 5.13. The van der Waals surface area contributed by atoms with E-state index in [0.717, 1.165) is 34.1 Å². The molecule has 0 saturated carbocycles. The number of rotatable bonds is 6. The molecule has 152 valence electrons. The first-order chi connectivity index (χ1) is 12.9. The van der Waals surface area contributed by atoms with Gasteiger partial charge in [-0.05, 0) is 75.9 Å². The zero-order valence-corrected chi connectivity index (χ0v) is 18.5. The van der Waals surface area contributed by atoms with Gasteiger partial charge >= 0.3 is 0 Å². The van der Waals surface area contributed by atoms with Crippen molar-refractivity contribution >= 4 is 21.6 Å². The summed E-state index contributed by atoms with van der Waals surface area (Å²) in [6.45, 7) is 11.4. The number of benzene rings is 2. The lowest BCUT2D eigenvalue weighted by Gasteiger charge is -2.30. The molecule has 28 heavy (non-hydrogen) atoms. The molecule has 0 unspecified atom stereocenters. The van der Waals surface area contributed by atoms with Crippen LogP contribution in [0.4, 0.5) is 5.69 Å². The average Bonchev–Trinajstić information content (AvgIpc) is 2.52. The topological polar surface area (TPSA) is 66.5 Å². The smallest absolute Gasteiger partial charge is 0.244 e. The van der Waals surface area contributed by atoms with E-state index in [9.17, 15) is 13.2 Å². The Hall–Kier alpha value is -2.34. The van der Waals surface area contributed by atoms with Gasteiger partial charge in [0, 0.05) is 0 Å².